The fourth-order valence-corrected chi connectivity index (χ4v) is 2.99. The van der Waals surface area contributed by atoms with Crippen LogP contribution in [0.4, 0.5) is 0 Å². The van der Waals surface area contributed by atoms with E-state index in [9.17, 15) is 23.1 Å². The van der Waals surface area contributed by atoms with Crippen molar-refractivity contribution in [3.63, 3.8) is 0 Å². The average molecular weight is 341 g/mol. The third-order valence-corrected chi connectivity index (χ3v) is 4.87. The van der Waals surface area contributed by atoms with Crippen molar-refractivity contribution in [1.82, 2.24) is 10.0 Å². The first-order valence-corrected chi connectivity index (χ1v) is 8.63. The highest BCUT2D eigenvalue weighted by molar-refractivity contribution is 7.89. The Hall–Kier alpha value is -1.97. The highest BCUT2D eigenvalue weighted by atomic mass is 32.2. The molecular weight excluding hydrogens is 322 g/mol. The van der Waals surface area contributed by atoms with E-state index in [1.807, 2.05) is 0 Å². The minimum absolute atomic E-state index is 0.0127. The molecule has 1 aliphatic rings. The van der Waals surface area contributed by atoms with E-state index in [0.29, 0.717) is 12.5 Å². The molecule has 1 saturated carbocycles. The summed E-state index contributed by atoms with van der Waals surface area (Å²) in [5, 5.41) is 11.6. The lowest BCUT2D eigenvalue weighted by atomic mass is 10.2. The highest BCUT2D eigenvalue weighted by Gasteiger charge is 2.24. The molecule has 0 saturated heterocycles. The number of primary amides is 1. The van der Waals surface area contributed by atoms with Gasteiger partial charge in [0.15, 0.2) is 0 Å². The number of benzene rings is 1. The molecule has 0 heterocycles. The number of carbonyl (C=O) groups excluding carboxylic acids is 2. The first-order valence-electron chi connectivity index (χ1n) is 7.15. The summed E-state index contributed by atoms with van der Waals surface area (Å²) >= 11 is 0. The summed E-state index contributed by atoms with van der Waals surface area (Å²) in [5.74, 6) is -1.16. The zero-order valence-corrected chi connectivity index (χ0v) is 13.2. The molecule has 0 spiro atoms. The Labute approximate surface area is 134 Å². The molecule has 1 aromatic rings. The predicted octanol–water partition coefficient (Wildman–Crippen LogP) is -1.05. The van der Waals surface area contributed by atoms with Crippen molar-refractivity contribution >= 4 is 21.8 Å². The molecule has 5 N–H and O–H groups in total. The second-order valence-corrected chi connectivity index (χ2v) is 7.22. The Morgan fingerprint density at radius 2 is 2.04 bits per heavy atom. The third kappa shape index (κ3) is 5.02. The van der Waals surface area contributed by atoms with Gasteiger partial charge in [-0.05, 0) is 37.0 Å². The van der Waals surface area contributed by atoms with Crippen LogP contribution in [0, 0.1) is 5.92 Å². The van der Waals surface area contributed by atoms with Gasteiger partial charge in [-0.25, -0.2) is 13.1 Å². The Bertz CT molecular complexity index is 700. The maximum atomic E-state index is 12.2. The van der Waals surface area contributed by atoms with Gasteiger partial charge in [-0.1, -0.05) is 6.07 Å². The van der Waals surface area contributed by atoms with Gasteiger partial charge in [0, 0.05) is 12.1 Å². The summed E-state index contributed by atoms with van der Waals surface area (Å²) in [4.78, 5) is 22.6. The van der Waals surface area contributed by atoms with E-state index < -0.39 is 27.9 Å². The zero-order chi connectivity index (χ0) is 17.0. The fourth-order valence-electron chi connectivity index (χ4n) is 1.83. The van der Waals surface area contributed by atoms with Gasteiger partial charge in [-0.2, -0.15) is 0 Å². The van der Waals surface area contributed by atoms with Crippen LogP contribution in [-0.2, 0) is 14.8 Å². The SMILES string of the molecule is NC(=O)C(O)CNC(=O)c1cccc(S(=O)(=O)NCC2CC2)c1. The second kappa shape index (κ2) is 7.07. The molecule has 0 radical (unpaired) electrons. The molecule has 2 rings (SSSR count). The number of aliphatic hydroxyl groups is 1. The van der Waals surface area contributed by atoms with Gasteiger partial charge in [0.05, 0.1) is 11.4 Å². The van der Waals surface area contributed by atoms with Crippen LogP contribution in [0.3, 0.4) is 0 Å². The molecule has 0 aliphatic heterocycles. The van der Waals surface area contributed by atoms with Crippen molar-refractivity contribution < 1.29 is 23.1 Å². The molecular formula is C14H19N3O5S. The molecule has 1 unspecified atom stereocenters. The number of carbonyl (C=O) groups is 2. The van der Waals surface area contributed by atoms with Gasteiger partial charge in [0.2, 0.25) is 15.9 Å². The molecule has 1 fully saturated rings. The predicted molar refractivity (Wildman–Crippen MR) is 81.9 cm³/mol. The van der Waals surface area contributed by atoms with Crippen LogP contribution >= 0.6 is 0 Å². The largest absolute Gasteiger partial charge is 0.381 e. The first kappa shape index (κ1) is 17.4. The van der Waals surface area contributed by atoms with E-state index in [2.05, 4.69) is 10.0 Å². The first-order chi connectivity index (χ1) is 10.8. The lowest BCUT2D eigenvalue weighted by Gasteiger charge is -2.10. The van der Waals surface area contributed by atoms with Gasteiger partial charge in [0.25, 0.3) is 5.91 Å². The van der Waals surface area contributed by atoms with E-state index >= 15 is 0 Å². The number of aliphatic hydroxyl groups excluding tert-OH is 1. The van der Waals surface area contributed by atoms with Crippen molar-refractivity contribution in [2.45, 2.75) is 23.8 Å². The number of rotatable bonds is 8. The van der Waals surface area contributed by atoms with Crippen LogP contribution in [0.25, 0.3) is 0 Å². The molecule has 23 heavy (non-hydrogen) atoms. The average Bonchev–Trinajstić information content (AvgIpc) is 3.34. The van der Waals surface area contributed by atoms with Crippen LogP contribution in [0.1, 0.15) is 23.2 Å². The number of hydrogen-bond acceptors (Lipinski definition) is 5. The smallest absolute Gasteiger partial charge is 0.251 e. The van der Waals surface area contributed by atoms with Gasteiger partial charge >= 0.3 is 0 Å². The minimum atomic E-state index is -3.67. The number of nitrogens with two attached hydrogens (primary N) is 1. The molecule has 1 atom stereocenters. The van der Waals surface area contributed by atoms with Crippen molar-refractivity contribution in [3.05, 3.63) is 29.8 Å². The molecule has 8 nitrogen and oxygen atoms in total. The molecule has 126 valence electrons. The van der Waals surface area contributed by atoms with Crippen molar-refractivity contribution in [2.24, 2.45) is 11.7 Å². The molecule has 0 bridgehead atoms. The van der Waals surface area contributed by atoms with Crippen LogP contribution < -0.4 is 15.8 Å². The van der Waals surface area contributed by atoms with Gasteiger partial charge in [0.1, 0.15) is 6.10 Å². The number of amides is 2. The lowest BCUT2D eigenvalue weighted by Crippen LogP contribution is -2.40. The van der Waals surface area contributed by atoms with Crippen LogP contribution in [0.2, 0.25) is 0 Å². The Kier molecular flexibility index (Phi) is 5.34. The maximum absolute atomic E-state index is 12.2. The molecule has 0 aromatic heterocycles. The Morgan fingerprint density at radius 3 is 2.65 bits per heavy atom. The van der Waals surface area contributed by atoms with Gasteiger partial charge < -0.3 is 16.2 Å². The second-order valence-electron chi connectivity index (χ2n) is 5.45. The van der Waals surface area contributed by atoms with Crippen molar-refractivity contribution in [2.75, 3.05) is 13.1 Å². The Balaban J connectivity index is 2.03. The number of hydrogen-bond donors (Lipinski definition) is 4. The maximum Gasteiger partial charge on any atom is 0.251 e. The summed E-state index contributed by atoms with van der Waals surface area (Å²) in [6.07, 6.45) is 0.548. The van der Waals surface area contributed by atoms with E-state index in [1.54, 1.807) is 0 Å². The summed E-state index contributed by atoms with van der Waals surface area (Å²) in [6, 6.07) is 5.52. The summed E-state index contributed by atoms with van der Waals surface area (Å²) in [5.41, 5.74) is 4.98. The zero-order valence-electron chi connectivity index (χ0n) is 12.4. The van der Waals surface area contributed by atoms with Crippen molar-refractivity contribution in [1.29, 1.82) is 0 Å². The van der Waals surface area contributed by atoms with E-state index in [-0.39, 0.29) is 17.0 Å². The standard InChI is InChI=1S/C14H19N3O5S/c15-13(19)12(18)8-16-14(20)10-2-1-3-11(6-10)23(21,22)17-7-9-4-5-9/h1-3,6,9,12,17-18H,4-5,7-8H2,(H2,15,19)(H,16,20). The van der Waals surface area contributed by atoms with E-state index in [4.69, 9.17) is 5.73 Å². The lowest BCUT2D eigenvalue weighted by molar-refractivity contribution is -0.125. The fraction of sp³-hybridized carbons (Fsp3) is 0.429. The van der Waals surface area contributed by atoms with Crippen LogP contribution in [0.15, 0.2) is 29.2 Å². The van der Waals surface area contributed by atoms with Crippen LogP contribution in [-0.4, -0.2) is 44.5 Å². The Morgan fingerprint density at radius 1 is 1.35 bits per heavy atom. The van der Waals surface area contributed by atoms with Gasteiger partial charge in [-0.3, -0.25) is 9.59 Å². The van der Waals surface area contributed by atoms with Crippen molar-refractivity contribution in [3.8, 4) is 0 Å². The monoisotopic (exact) mass is 341 g/mol. The molecule has 9 heteroatoms. The van der Waals surface area contributed by atoms with E-state index in [1.165, 1.54) is 24.3 Å². The van der Waals surface area contributed by atoms with Crippen LogP contribution in [0.5, 0.6) is 0 Å². The molecule has 2 amide bonds. The molecule has 1 aliphatic carbocycles. The third-order valence-electron chi connectivity index (χ3n) is 3.45. The summed E-state index contributed by atoms with van der Waals surface area (Å²) < 4.78 is 26.8. The minimum Gasteiger partial charge on any atom is -0.381 e. The van der Waals surface area contributed by atoms with E-state index in [0.717, 1.165) is 12.8 Å². The topological polar surface area (TPSA) is 139 Å². The quantitative estimate of drug-likeness (QED) is 0.478. The normalized spacial score (nSPS) is 15.9. The summed E-state index contributed by atoms with van der Waals surface area (Å²) in [6.45, 7) is 0.0502. The summed E-state index contributed by atoms with van der Waals surface area (Å²) in [7, 11) is -3.67. The molecule has 1 aromatic carbocycles. The van der Waals surface area contributed by atoms with Gasteiger partial charge in [-0.15, -0.1) is 0 Å². The number of sulfonamides is 1. The highest BCUT2D eigenvalue weighted by Crippen LogP contribution is 2.28. The number of nitrogens with one attached hydrogen (secondary N) is 2.